The van der Waals surface area contributed by atoms with Gasteiger partial charge in [0.15, 0.2) is 0 Å². The minimum atomic E-state index is -0.104. The second-order valence-electron chi connectivity index (χ2n) is 6.88. The number of carbonyl (C=O) groups excluding carboxylic acids is 1. The largest absolute Gasteiger partial charge is 0.457 e. The summed E-state index contributed by atoms with van der Waals surface area (Å²) in [5.41, 5.74) is 2.40. The molecule has 1 fully saturated rings. The van der Waals surface area contributed by atoms with Crippen molar-refractivity contribution in [2.75, 3.05) is 11.9 Å². The molecule has 6 nitrogen and oxygen atoms in total. The van der Waals surface area contributed by atoms with Gasteiger partial charge in [0.2, 0.25) is 5.91 Å². The molecular formula is C22H22N4O2. The van der Waals surface area contributed by atoms with Crippen LogP contribution in [0.3, 0.4) is 0 Å². The molecule has 1 amide bonds. The number of benzene rings is 2. The first-order valence-electron chi connectivity index (χ1n) is 9.53. The van der Waals surface area contributed by atoms with E-state index in [0.717, 1.165) is 42.5 Å². The highest BCUT2D eigenvalue weighted by atomic mass is 16.5. The number of nitrogens with zero attached hydrogens (tertiary/aromatic N) is 2. The van der Waals surface area contributed by atoms with Gasteiger partial charge in [-0.3, -0.25) is 4.79 Å². The molecule has 0 spiro atoms. The fourth-order valence-corrected chi connectivity index (χ4v) is 3.57. The van der Waals surface area contributed by atoms with Crippen LogP contribution in [0.2, 0.25) is 0 Å². The zero-order valence-corrected chi connectivity index (χ0v) is 15.7. The Balaban J connectivity index is 1.48. The van der Waals surface area contributed by atoms with Crippen LogP contribution in [0.1, 0.15) is 25.3 Å². The zero-order valence-electron chi connectivity index (χ0n) is 15.7. The van der Waals surface area contributed by atoms with Gasteiger partial charge in [-0.15, -0.1) is 0 Å². The molecule has 1 aromatic heterocycles. The molecule has 1 saturated heterocycles. The van der Waals surface area contributed by atoms with Gasteiger partial charge in [-0.1, -0.05) is 0 Å². The summed E-state index contributed by atoms with van der Waals surface area (Å²) in [6, 6.07) is 15.2. The Morgan fingerprint density at radius 2 is 2.07 bits per heavy atom. The SMILES string of the molecule is CCn1cc(C#N)c2cc(Oc3ccc(NC(=O)[C@H]4CCCN4)cc3)ccc21. The first-order valence-corrected chi connectivity index (χ1v) is 9.53. The van der Waals surface area contributed by atoms with E-state index in [9.17, 15) is 10.1 Å². The molecule has 2 aromatic carbocycles. The number of amides is 1. The predicted octanol–water partition coefficient (Wildman–Crippen LogP) is 4.02. The molecule has 3 aromatic rings. The number of aryl methyl sites for hydroxylation is 1. The quantitative estimate of drug-likeness (QED) is 0.707. The molecule has 1 aliphatic heterocycles. The van der Waals surface area contributed by atoms with E-state index in [1.807, 2.05) is 60.2 Å². The standard InChI is InChI=1S/C22H22N4O2/c1-2-26-14-15(13-23)19-12-18(9-10-21(19)26)28-17-7-5-16(6-8-17)25-22(27)20-4-3-11-24-20/h5-10,12,14,20,24H,2-4,11H2,1H3,(H,25,27)/t20-/m1/s1. The summed E-state index contributed by atoms with van der Waals surface area (Å²) in [4.78, 5) is 12.2. The van der Waals surface area contributed by atoms with Crippen LogP contribution in [0.4, 0.5) is 5.69 Å². The predicted molar refractivity (Wildman–Crippen MR) is 108 cm³/mol. The molecule has 2 heterocycles. The Morgan fingerprint density at radius 1 is 1.29 bits per heavy atom. The molecule has 0 radical (unpaired) electrons. The summed E-state index contributed by atoms with van der Waals surface area (Å²) in [6.45, 7) is 3.75. The number of aromatic nitrogens is 1. The van der Waals surface area contributed by atoms with Crippen LogP contribution in [0.25, 0.3) is 10.9 Å². The number of anilines is 1. The lowest BCUT2D eigenvalue weighted by atomic mass is 10.2. The van der Waals surface area contributed by atoms with Gasteiger partial charge in [0.05, 0.1) is 11.6 Å². The number of rotatable bonds is 5. The van der Waals surface area contributed by atoms with Crippen LogP contribution in [0.5, 0.6) is 11.5 Å². The van der Waals surface area contributed by atoms with E-state index in [-0.39, 0.29) is 11.9 Å². The highest BCUT2D eigenvalue weighted by molar-refractivity contribution is 5.95. The molecule has 142 valence electrons. The van der Waals surface area contributed by atoms with E-state index in [0.29, 0.717) is 17.1 Å². The van der Waals surface area contributed by atoms with Crippen LogP contribution >= 0.6 is 0 Å². The maximum absolute atomic E-state index is 12.2. The number of ether oxygens (including phenoxy) is 1. The van der Waals surface area contributed by atoms with Crippen molar-refractivity contribution >= 4 is 22.5 Å². The highest BCUT2D eigenvalue weighted by Crippen LogP contribution is 2.29. The molecular weight excluding hydrogens is 352 g/mol. The molecule has 0 saturated carbocycles. The second kappa shape index (κ2) is 7.75. The van der Waals surface area contributed by atoms with Gasteiger partial charge < -0.3 is 19.9 Å². The maximum atomic E-state index is 12.2. The third-order valence-electron chi connectivity index (χ3n) is 5.05. The van der Waals surface area contributed by atoms with E-state index in [1.165, 1.54) is 0 Å². The van der Waals surface area contributed by atoms with Gasteiger partial charge in [-0.2, -0.15) is 5.26 Å². The number of carbonyl (C=O) groups is 1. The Morgan fingerprint density at radius 3 is 2.75 bits per heavy atom. The Bertz CT molecular complexity index is 1040. The monoisotopic (exact) mass is 374 g/mol. The van der Waals surface area contributed by atoms with Gasteiger partial charge in [0.1, 0.15) is 17.6 Å². The first-order chi connectivity index (χ1) is 13.7. The zero-order chi connectivity index (χ0) is 19.5. The number of nitriles is 1. The van der Waals surface area contributed by atoms with E-state index >= 15 is 0 Å². The van der Waals surface area contributed by atoms with Crippen molar-refractivity contribution < 1.29 is 9.53 Å². The summed E-state index contributed by atoms with van der Waals surface area (Å²) >= 11 is 0. The highest BCUT2D eigenvalue weighted by Gasteiger charge is 2.21. The minimum absolute atomic E-state index is 0.00101. The summed E-state index contributed by atoms with van der Waals surface area (Å²) in [7, 11) is 0. The van der Waals surface area contributed by atoms with Crippen molar-refractivity contribution in [2.24, 2.45) is 0 Å². The third kappa shape index (κ3) is 3.57. The van der Waals surface area contributed by atoms with Crippen molar-refractivity contribution in [3.63, 3.8) is 0 Å². The van der Waals surface area contributed by atoms with Crippen LogP contribution in [0, 0.1) is 11.3 Å². The topological polar surface area (TPSA) is 79.1 Å². The summed E-state index contributed by atoms with van der Waals surface area (Å²) in [5.74, 6) is 1.34. The third-order valence-corrected chi connectivity index (χ3v) is 5.05. The fourth-order valence-electron chi connectivity index (χ4n) is 3.57. The average Bonchev–Trinajstić information content (AvgIpc) is 3.37. The summed E-state index contributed by atoms with van der Waals surface area (Å²) in [6.07, 6.45) is 3.77. The summed E-state index contributed by atoms with van der Waals surface area (Å²) in [5, 5.41) is 16.4. The lowest BCUT2D eigenvalue weighted by molar-refractivity contribution is -0.117. The van der Waals surface area contributed by atoms with Gasteiger partial charge >= 0.3 is 0 Å². The van der Waals surface area contributed by atoms with Gasteiger partial charge in [-0.25, -0.2) is 0 Å². The molecule has 1 aliphatic rings. The van der Waals surface area contributed by atoms with Crippen molar-refractivity contribution in [1.29, 1.82) is 5.26 Å². The van der Waals surface area contributed by atoms with E-state index in [2.05, 4.69) is 16.7 Å². The van der Waals surface area contributed by atoms with Gasteiger partial charge in [0, 0.05) is 29.3 Å². The van der Waals surface area contributed by atoms with Crippen LogP contribution in [-0.4, -0.2) is 23.1 Å². The first kappa shape index (κ1) is 18.1. The lowest BCUT2D eigenvalue weighted by Gasteiger charge is -2.12. The number of fused-ring (bicyclic) bond motifs is 1. The molecule has 4 rings (SSSR count). The molecule has 0 aliphatic carbocycles. The van der Waals surface area contributed by atoms with E-state index in [1.54, 1.807) is 0 Å². The van der Waals surface area contributed by atoms with Gasteiger partial charge in [-0.05, 0) is 68.8 Å². The average molecular weight is 374 g/mol. The number of hydrogen-bond acceptors (Lipinski definition) is 4. The minimum Gasteiger partial charge on any atom is -0.457 e. The van der Waals surface area contributed by atoms with Crippen molar-refractivity contribution in [3.8, 4) is 17.6 Å². The van der Waals surface area contributed by atoms with Crippen molar-refractivity contribution in [1.82, 2.24) is 9.88 Å². The second-order valence-corrected chi connectivity index (χ2v) is 6.88. The van der Waals surface area contributed by atoms with Crippen LogP contribution in [0.15, 0.2) is 48.7 Å². The molecule has 1 atom stereocenters. The molecule has 6 heteroatoms. The normalized spacial score (nSPS) is 16.1. The lowest BCUT2D eigenvalue weighted by Crippen LogP contribution is -2.35. The summed E-state index contributed by atoms with van der Waals surface area (Å²) < 4.78 is 7.99. The van der Waals surface area contributed by atoms with E-state index < -0.39 is 0 Å². The van der Waals surface area contributed by atoms with Crippen molar-refractivity contribution in [2.45, 2.75) is 32.4 Å². The molecule has 28 heavy (non-hydrogen) atoms. The Labute approximate surface area is 163 Å². The Kier molecular flexibility index (Phi) is 5.00. The number of nitrogens with one attached hydrogen (secondary N) is 2. The van der Waals surface area contributed by atoms with Crippen molar-refractivity contribution in [3.05, 3.63) is 54.2 Å². The molecule has 0 bridgehead atoms. The van der Waals surface area contributed by atoms with Crippen LogP contribution < -0.4 is 15.4 Å². The maximum Gasteiger partial charge on any atom is 0.241 e. The molecule has 0 unspecified atom stereocenters. The fraction of sp³-hybridized carbons (Fsp3) is 0.273. The molecule has 2 N–H and O–H groups in total. The van der Waals surface area contributed by atoms with E-state index in [4.69, 9.17) is 4.74 Å². The van der Waals surface area contributed by atoms with Crippen LogP contribution in [-0.2, 0) is 11.3 Å². The number of hydrogen-bond donors (Lipinski definition) is 2. The Hall–Kier alpha value is -3.30. The smallest absolute Gasteiger partial charge is 0.241 e. The van der Waals surface area contributed by atoms with Gasteiger partial charge in [0.25, 0.3) is 0 Å².